The number of methoxy groups -OCH3 is 1. The third-order valence-corrected chi connectivity index (χ3v) is 3.09. The van der Waals surface area contributed by atoms with Gasteiger partial charge in [-0.05, 0) is 32.0 Å². The molecule has 0 bridgehead atoms. The van der Waals surface area contributed by atoms with E-state index in [1.807, 2.05) is 0 Å². The molecule has 0 aliphatic rings. The molecule has 0 radical (unpaired) electrons. The van der Waals surface area contributed by atoms with Crippen molar-refractivity contribution in [2.45, 2.75) is 20.4 Å². The molecular weight excluding hydrogens is 261 g/mol. The second-order valence-corrected chi connectivity index (χ2v) is 4.44. The van der Waals surface area contributed by atoms with Crippen molar-refractivity contribution in [3.63, 3.8) is 0 Å². The molecule has 0 atom stereocenters. The SMILES string of the molecule is COC(=O)c1cc(CNc2cccc(F)c2C)oc1C. The number of esters is 1. The molecule has 0 aliphatic heterocycles. The van der Waals surface area contributed by atoms with E-state index in [2.05, 4.69) is 10.1 Å². The molecule has 2 aromatic rings. The van der Waals surface area contributed by atoms with Gasteiger partial charge in [0.15, 0.2) is 0 Å². The molecule has 1 aromatic heterocycles. The van der Waals surface area contributed by atoms with E-state index in [1.165, 1.54) is 13.2 Å². The number of hydrogen-bond acceptors (Lipinski definition) is 4. The van der Waals surface area contributed by atoms with Gasteiger partial charge in [0.25, 0.3) is 0 Å². The molecule has 0 fully saturated rings. The predicted molar refractivity (Wildman–Crippen MR) is 73.2 cm³/mol. The zero-order chi connectivity index (χ0) is 14.7. The molecule has 0 amide bonds. The summed E-state index contributed by atoms with van der Waals surface area (Å²) in [5.74, 6) is 0.400. The topological polar surface area (TPSA) is 51.5 Å². The fraction of sp³-hybridized carbons (Fsp3) is 0.267. The minimum atomic E-state index is -0.431. The number of hydrogen-bond donors (Lipinski definition) is 1. The van der Waals surface area contributed by atoms with Crippen LogP contribution in [0.15, 0.2) is 28.7 Å². The van der Waals surface area contributed by atoms with E-state index in [4.69, 9.17) is 4.42 Å². The average molecular weight is 277 g/mol. The molecule has 1 N–H and O–H groups in total. The molecule has 106 valence electrons. The van der Waals surface area contributed by atoms with E-state index in [0.29, 0.717) is 34.9 Å². The third kappa shape index (κ3) is 2.82. The zero-order valence-corrected chi connectivity index (χ0v) is 11.6. The largest absolute Gasteiger partial charge is 0.465 e. The third-order valence-electron chi connectivity index (χ3n) is 3.09. The van der Waals surface area contributed by atoms with Crippen LogP contribution < -0.4 is 5.32 Å². The highest BCUT2D eigenvalue weighted by Gasteiger charge is 2.15. The summed E-state index contributed by atoms with van der Waals surface area (Å²) < 4.78 is 23.5. The van der Waals surface area contributed by atoms with Gasteiger partial charge in [0.2, 0.25) is 0 Å². The van der Waals surface area contributed by atoms with Gasteiger partial charge in [-0.3, -0.25) is 0 Å². The molecular formula is C15H16FNO3. The molecule has 0 saturated heterocycles. The normalized spacial score (nSPS) is 10.4. The lowest BCUT2D eigenvalue weighted by Gasteiger charge is -2.08. The van der Waals surface area contributed by atoms with Gasteiger partial charge in [0.05, 0.1) is 13.7 Å². The Bertz CT molecular complexity index is 634. The Balaban J connectivity index is 2.12. The van der Waals surface area contributed by atoms with E-state index in [0.717, 1.165) is 0 Å². The van der Waals surface area contributed by atoms with Crippen LogP contribution in [-0.2, 0) is 11.3 Å². The van der Waals surface area contributed by atoms with Gasteiger partial charge in [-0.1, -0.05) is 6.07 Å². The van der Waals surface area contributed by atoms with E-state index in [9.17, 15) is 9.18 Å². The minimum absolute atomic E-state index is 0.263. The van der Waals surface area contributed by atoms with Gasteiger partial charge in [-0.25, -0.2) is 9.18 Å². The Hall–Kier alpha value is -2.30. The number of carbonyl (C=O) groups excluding carboxylic acids is 1. The number of carbonyl (C=O) groups is 1. The number of benzene rings is 1. The van der Waals surface area contributed by atoms with Crippen LogP contribution in [0.1, 0.15) is 27.4 Å². The first-order chi connectivity index (χ1) is 9.52. The Morgan fingerprint density at radius 3 is 2.85 bits per heavy atom. The van der Waals surface area contributed by atoms with Crippen molar-refractivity contribution >= 4 is 11.7 Å². The van der Waals surface area contributed by atoms with Crippen LogP contribution in [-0.4, -0.2) is 13.1 Å². The number of halogens is 1. The number of rotatable bonds is 4. The second kappa shape index (κ2) is 5.77. The average Bonchev–Trinajstić information content (AvgIpc) is 2.81. The summed E-state index contributed by atoms with van der Waals surface area (Å²) in [6.07, 6.45) is 0. The first-order valence-corrected chi connectivity index (χ1v) is 6.19. The maximum Gasteiger partial charge on any atom is 0.341 e. The molecule has 0 spiro atoms. The first kappa shape index (κ1) is 14.1. The van der Waals surface area contributed by atoms with Crippen molar-refractivity contribution in [1.82, 2.24) is 0 Å². The maximum atomic E-state index is 13.4. The molecule has 4 nitrogen and oxygen atoms in total. The number of ether oxygens (including phenoxy) is 1. The van der Waals surface area contributed by atoms with E-state index in [1.54, 1.807) is 32.0 Å². The van der Waals surface area contributed by atoms with Crippen molar-refractivity contribution in [1.29, 1.82) is 0 Å². The standard InChI is InChI=1S/C15H16FNO3/c1-9-13(16)5-4-6-14(9)17-8-11-7-12(10(2)20-11)15(18)19-3/h4-7,17H,8H2,1-3H3. The van der Waals surface area contributed by atoms with E-state index < -0.39 is 5.97 Å². The van der Waals surface area contributed by atoms with Crippen LogP contribution in [0.5, 0.6) is 0 Å². The Morgan fingerprint density at radius 1 is 1.40 bits per heavy atom. The fourth-order valence-electron chi connectivity index (χ4n) is 1.92. The van der Waals surface area contributed by atoms with E-state index >= 15 is 0 Å². The van der Waals surface area contributed by atoms with Crippen LogP contribution in [0.4, 0.5) is 10.1 Å². The fourth-order valence-corrected chi connectivity index (χ4v) is 1.92. The highest BCUT2D eigenvalue weighted by atomic mass is 19.1. The highest BCUT2D eigenvalue weighted by Crippen LogP contribution is 2.20. The summed E-state index contributed by atoms with van der Waals surface area (Å²) in [5.41, 5.74) is 1.64. The summed E-state index contributed by atoms with van der Waals surface area (Å²) in [4.78, 5) is 11.5. The monoisotopic (exact) mass is 277 g/mol. The predicted octanol–water partition coefficient (Wildman–Crippen LogP) is 3.43. The number of furan rings is 1. The van der Waals surface area contributed by atoms with Crippen LogP contribution in [0.25, 0.3) is 0 Å². The van der Waals surface area contributed by atoms with Crippen LogP contribution >= 0.6 is 0 Å². The summed E-state index contributed by atoms with van der Waals surface area (Å²) in [6.45, 7) is 3.76. The van der Waals surface area contributed by atoms with Crippen LogP contribution in [0, 0.1) is 19.7 Å². The number of anilines is 1. The second-order valence-electron chi connectivity index (χ2n) is 4.44. The summed E-state index contributed by atoms with van der Waals surface area (Å²) in [7, 11) is 1.32. The lowest BCUT2D eigenvalue weighted by atomic mass is 10.2. The Labute approximate surface area is 116 Å². The van der Waals surface area contributed by atoms with E-state index in [-0.39, 0.29) is 5.82 Å². The molecule has 2 rings (SSSR count). The van der Waals surface area contributed by atoms with Gasteiger partial charge < -0.3 is 14.5 Å². The summed E-state index contributed by atoms with van der Waals surface area (Å²) >= 11 is 0. The quantitative estimate of drug-likeness (QED) is 0.870. The molecule has 20 heavy (non-hydrogen) atoms. The van der Waals surface area contributed by atoms with Gasteiger partial charge >= 0.3 is 5.97 Å². The number of nitrogens with one attached hydrogen (secondary N) is 1. The molecule has 0 saturated carbocycles. The van der Waals surface area contributed by atoms with Crippen molar-refractivity contribution in [3.05, 3.63) is 52.7 Å². The maximum absolute atomic E-state index is 13.4. The molecule has 0 aliphatic carbocycles. The smallest absolute Gasteiger partial charge is 0.341 e. The van der Waals surface area contributed by atoms with Crippen molar-refractivity contribution < 1.29 is 18.3 Å². The van der Waals surface area contributed by atoms with Gasteiger partial charge in [0.1, 0.15) is 22.9 Å². The highest BCUT2D eigenvalue weighted by molar-refractivity contribution is 5.90. The summed E-state index contributed by atoms with van der Waals surface area (Å²) in [6, 6.07) is 6.46. The Morgan fingerprint density at radius 2 is 2.15 bits per heavy atom. The van der Waals surface area contributed by atoms with Crippen molar-refractivity contribution in [2.24, 2.45) is 0 Å². The lowest BCUT2D eigenvalue weighted by Crippen LogP contribution is -2.02. The molecule has 0 unspecified atom stereocenters. The van der Waals surface area contributed by atoms with Gasteiger partial charge in [-0.2, -0.15) is 0 Å². The van der Waals surface area contributed by atoms with Gasteiger partial charge in [-0.15, -0.1) is 0 Å². The van der Waals surface area contributed by atoms with Crippen molar-refractivity contribution in [3.8, 4) is 0 Å². The summed E-state index contributed by atoms with van der Waals surface area (Å²) in [5, 5.41) is 3.08. The van der Waals surface area contributed by atoms with Crippen LogP contribution in [0.2, 0.25) is 0 Å². The Kier molecular flexibility index (Phi) is 4.08. The zero-order valence-electron chi connectivity index (χ0n) is 11.6. The lowest BCUT2D eigenvalue weighted by molar-refractivity contribution is 0.0599. The molecule has 1 heterocycles. The minimum Gasteiger partial charge on any atom is -0.465 e. The van der Waals surface area contributed by atoms with Crippen molar-refractivity contribution in [2.75, 3.05) is 12.4 Å². The van der Waals surface area contributed by atoms with Gasteiger partial charge in [0, 0.05) is 11.3 Å². The van der Waals surface area contributed by atoms with Crippen LogP contribution in [0.3, 0.4) is 0 Å². The number of aryl methyl sites for hydroxylation is 1. The first-order valence-electron chi connectivity index (χ1n) is 6.19. The molecule has 5 heteroatoms. The molecule has 1 aromatic carbocycles.